The lowest BCUT2D eigenvalue weighted by atomic mass is 9.84. The summed E-state index contributed by atoms with van der Waals surface area (Å²) in [7, 11) is 0. The van der Waals surface area contributed by atoms with E-state index < -0.39 is 0 Å². The molecule has 0 aromatic rings. The van der Waals surface area contributed by atoms with Crippen LogP contribution in [0.15, 0.2) is 0 Å². The zero-order valence-electron chi connectivity index (χ0n) is 6.99. The van der Waals surface area contributed by atoms with Crippen LogP contribution in [0.3, 0.4) is 0 Å². The number of hydrogen-bond donors (Lipinski definition) is 1. The van der Waals surface area contributed by atoms with E-state index in [1.165, 1.54) is 12.8 Å². The molecule has 64 valence electrons. The standard InChI is InChI=1S/C9H16O2/c1-2-7(10)6-4-3-5-8-9(6)11-8/h6-10H,2-5H2,1H3. The molecule has 0 amide bonds. The van der Waals surface area contributed by atoms with Gasteiger partial charge in [-0.05, 0) is 19.3 Å². The molecule has 2 heteroatoms. The van der Waals surface area contributed by atoms with E-state index in [9.17, 15) is 5.11 Å². The van der Waals surface area contributed by atoms with Crippen LogP contribution in [0.5, 0.6) is 0 Å². The third kappa shape index (κ3) is 1.30. The van der Waals surface area contributed by atoms with Gasteiger partial charge < -0.3 is 9.84 Å². The Hall–Kier alpha value is -0.0800. The predicted octanol–water partition coefficient (Wildman–Crippen LogP) is 1.32. The van der Waals surface area contributed by atoms with Gasteiger partial charge in [0.05, 0.1) is 18.3 Å². The maximum atomic E-state index is 9.60. The minimum atomic E-state index is -0.120. The summed E-state index contributed by atoms with van der Waals surface area (Å²) in [6.07, 6.45) is 5.30. The SMILES string of the molecule is CCC(O)C1CCCC2OC21. The van der Waals surface area contributed by atoms with Gasteiger partial charge in [0.1, 0.15) is 0 Å². The van der Waals surface area contributed by atoms with Crippen molar-refractivity contribution in [1.29, 1.82) is 0 Å². The third-order valence-electron chi connectivity index (χ3n) is 2.98. The minimum Gasteiger partial charge on any atom is -0.393 e. The summed E-state index contributed by atoms with van der Waals surface area (Å²) in [6.45, 7) is 2.04. The molecule has 0 spiro atoms. The summed E-state index contributed by atoms with van der Waals surface area (Å²) < 4.78 is 5.45. The second-order valence-electron chi connectivity index (χ2n) is 3.71. The van der Waals surface area contributed by atoms with Crippen molar-refractivity contribution in [1.82, 2.24) is 0 Å². The van der Waals surface area contributed by atoms with Gasteiger partial charge in [0.25, 0.3) is 0 Å². The molecule has 11 heavy (non-hydrogen) atoms. The lowest BCUT2D eigenvalue weighted by molar-refractivity contribution is 0.0785. The summed E-state index contributed by atoms with van der Waals surface area (Å²) >= 11 is 0. The number of rotatable bonds is 2. The van der Waals surface area contributed by atoms with Gasteiger partial charge in [-0.3, -0.25) is 0 Å². The molecule has 0 aromatic heterocycles. The largest absolute Gasteiger partial charge is 0.393 e. The molecule has 2 fully saturated rings. The van der Waals surface area contributed by atoms with Crippen LogP contribution < -0.4 is 0 Å². The fourth-order valence-electron chi connectivity index (χ4n) is 2.20. The summed E-state index contributed by atoms with van der Waals surface area (Å²) in [4.78, 5) is 0. The molecule has 2 nitrogen and oxygen atoms in total. The molecule has 2 aliphatic rings. The van der Waals surface area contributed by atoms with Crippen LogP contribution in [0, 0.1) is 5.92 Å². The van der Waals surface area contributed by atoms with E-state index in [1.54, 1.807) is 0 Å². The number of aliphatic hydroxyl groups is 1. The van der Waals surface area contributed by atoms with E-state index in [4.69, 9.17) is 4.74 Å². The van der Waals surface area contributed by atoms with Gasteiger partial charge >= 0.3 is 0 Å². The van der Waals surface area contributed by atoms with E-state index >= 15 is 0 Å². The quantitative estimate of drug-likeness (QED) is 0.612. The second-order valence-corrected chi connectivity index (χ2v) is 3.71. The fourth-order valence-corrected chi connectivity index (χ4v) is 2.20. The first kappa shape index (κ1) is 7.56. The highest BCUT2D eigenvalue weighted by Crippen LogP contribution is 2.42. The molecule has 1 saturated carbocycles. The molecule has 0 aromatic carbocycles. The van der Waals surface area contributed by atoms with Crippen LogP contribution in [0.4, 0.5) is 0 Å². The average Bonchev–Trinajstić information content (AvgIpc) is 2.80. The van der Waals surface area contributed by atoms with Crippen LogP contribution in [0.25, 0.3) is 0 Å². The molecule has 4 atom stereocenters. The summed E-state index contributed by atoms with van der Waals surface area (Å²) in [5.74, 6) is 0.443. The van der Waals surface area contributed by atoms with Gasteiger partial charge in [0, 0.05) is 5.92 Å². The number of fused-ring (bicyclic) bond motifs is 1. The lowest BCUT2D eigenvalue weighted by Crippen LogP contribution is -2.28. The van der Waals surface area contributed by atoms with E-state index in [0.717, 1.165) is 12.8 Å². The summed E-state index contributed by atoms with van der Waals surface area (Å²) in [5, 5.41) is 9.60. The zero-order valence-corrected chi connectivity index (χ0v) is 6.99. The van der Waals surface area contributed by atoms with E-state index in [-0.39, 0.29) is 6.10 Å². The van der Waals surface area contributed by atoms with Crippen LogP contribution in [-0.2, 0) is 4.74 Å². The zero-order chi connectivity index (χ0) is 7.84. The third-order valence-corrected chi connectivity index (χ3v) is 2.98. The normalized spacial score (nSPS) is 44.7. The van der Waals surface area contributed by atoms with Crippen LogP contribution in [-0.4, -0.2) is 23.4 Å². The van der Waals surface area contributed by atoms with E-state index in [1.807, 2.05) is 6.92 Å². The number of hydrogen-bond acceptors (Lipinski definition) is 2. The van der Waals surface area contributed by atoms with E-state index in [0.29, 0.717) is 18.1 Å². The fraction of sp³-hybridized carbons (Fsp3) is 1.00. The molecule has 1 N–H and O–H groups in total. The number of epoxide rings is 1. The topological polar surface area (TPSA) is 32.8 Å². The van der Waals surface area contributed by atoms with Gasteiger partial charge in [-0.1, -0.05) is 13.3 Å². The second kappa shape index (κ2) is 2.76. The first-order valence-electron chi connectivity index (χ1n) is 4.66. The highest BCUT2D eigenvalue weighted by atomic mass is 16.6. The van der Waals surface area contributed by atoms with Crippen LogP contribution in [0.2, 0.25) is 0 Å². The number of ether oxygens (including phenoxy) is 1. The first-order chi connectivity index (χ1) is 5.33. The highest BCUT2D eigenvalue weighted by molar-refractivity contribution is 4.96. The van der Waals surface area contributed by atoms with Gasteiger partial charge in [0.15, 0.2) is 0 Å². The predicted molar refractivity (Wildman–Crippen MR) is 42.3 cm³/mol. The molecule has 1 aliphatic carbocycles. The first-order valence-corrected chi connectivity index (χ1v) is 4.66. The van der Waals surface area contributed by atoms with Crippen molar-refractivity contribution in [3.8, 4) is 0 Å². The summed E-state index contributed by atoms with van der Waals surface area (Å²) in [6, 6.07) is 0. The molecular weight excluding hydrogens is 140 g/mol. The van der Waals surface area contributed by atoms with Crippen molar-refractivity contribution in [2.24, 2.45) is 5.92 Å². The van der Waals surface area contributed by atoms with E-state index in [2.05, 4.69) is 0 Å². The van der Waals surface area contributed by atoms with Crippen molar-refractivity contribution < 1.29 is 9.84 Å². The monoisotopic (exact) mass is 156 g/mol. The van der Waals surface area contributed by atoms with Crippen LogP contribution >= 0.6 is 0 Å². The molecule has 2 rings (SSSR count). The maximum Gasteiger partial charge on any atom is 0.0894 e. The Balaban J connectivity index is 1.92. The Morgan fingerprint density at radius 1 is 1.55 bits per heavy atom. The molecule has 0 radical (unpaired) electrons. The molecule has 1 heterocycles. The van der Waals surface area contributed by atoms with Gasteiger partial charge in [-0.2, -0.15) is 0 Å². The Labute approximate surface area is 67.6 Å². The van der Waals surface area contributed by atoms with Crippen molar-refractivity contribution >= 4 is 0 Å². The Morgan fingerprint density at radius 3 is 3.09 bits per heavy atom. The average molecular weight is 156 g/mol. The van der Waals surface area contributed by atoms with Crippen molar-refractivity contribution in [2.45, 2.75) is 50.9 Å². The molecule has 0 bridgehead atoms. The maximum absolute atomic E-state index is 9.60. The molecule has 4 unspecified atom stereocenters. The Morgan fingerprint density at radius 2 is 2.36 bits per heavy atom. The highest BCUT2D eigenvalue weighted by Gasteiger charge is 2.48. The van der Waals surface area contributed by atoms with Crippen LogP contribution in [0.1, 0.15) is 32.6 Å². The van der Waals surface area contributed by atoms with Gasteiger partial charge in [-0.25, -0.2) is 0 Å². The van der Waals surface area contributed by atoms with Crippen molar-refractivity contribution in [3.63, 3.8) is 0 Å². The lowest BCUT2D eigenvalue weighted by Gasteiger charge is -2.22. The van der Waals surface area contributed by atoms with Gasteiger partial charge in [0.2, 0.25) is 0 Å². The van der Waals surface area contributed by atoms with Crippen molar-refractivity contribution in [3.05, 3.63) is 0 Å². The molecule has 1 aliphatic heterocycles. The minimum absolute atomic E-state index is 0.120. The molecular formula is C9H16O2. The van der Waals surface area contributed by atoms with Crippen molar-refractivity contribution in [2.75, 3.05) is 0 Å². The smallest absolute Gasteiger partial charge is 0.0894 e. The Kier molecular flexibility index (Phi) is 1.90. The number of aliphatic hydroxyl groups excluding tert-OH is 1. The summed E-state index contributed by atoms with van der Waals surface area (Å²) in [5.41, 5.74) is 0. The Bertz CT molecular complexity index is 144. The molecule has 1 saturated heterocycles. The van der Waals surface area contributed by atoms with Gasteiger partial charge in [-0.15, -0.1) is 0 Å².